The minimum absolute atomic E-state index is 0.152. The number of hydrogen-bond donors (Lipinski definition) is 1. The van der Waals surface area contributed by atoms with Crippen molar-refractivity contribution in [2.24, 2.45) is 11.7 Å². The normalized spacial score (nSPS) is 18.7. The molecule has 0 radical (unpaired) electrons. The average Bonchev–Trinajstić information content (AvgIpc) is 2.40. The van der Waals surface area contributed by atoms with Gasteiger partial charge in [-0.2, -0.15) is 0 Å². The Labute approximate surface area is 134 Å². The molecule has 1 aliphatic heterocycles. The number of nitrogens with zero attached hydrogens (tertiary/aromatic N) is 2. The van der Waals surface area contributed by atoms with Crippen LogP contribution in [0.25, 0.3) is 0 Å². The number of rotatable bonds is 5. The van der Waals surface area contributed by atoms with Crippen LogP contribution in [0.2, 0.25) is 5.02 Å². The highest BCUT2D eigenvalue weighted by molar-refractivity contribution is 6.33. The number of halogens is 1. The number of anilines is 1. The molecule has 1 aromatic carbocycles. The van der Waals surface area contributed by atoms with Crippen molar-refractivity contribution in [3.8, 4) is 0 Å². The zero-order valence-electron chi connectivity index (χ0n) is 13.5. The van der Waals surface area contributed by atoms with E-state index < -0.39 is 0 Å². The van der Waals surface area contributed by atoms with Crippen LogP contribution in [0.3, 0.4) is 0 Å². The highest BCUT2D eigenvalue weighted by atomic mass is 35.5. The lowest BCUT2D eigenvalue weighted by Crippen LogP contribution is -2.36. The molecule has 3 nitrogen and oxygen atoms in total. The Bertz CT molecular complexity index is 453. The Balaban J connectivity index is 2.09. The van der Waals surface area contributed by atoms with Crippen LogP contribution in [-0.2, 0) is 6.42 Å². The molecule has 1 atom stereocenters. The van der Waals surface area contributed by atoms with Crippen molar-refractivity contribution in [3.05, 3.63) is 28.8 Å². The van der Waals surface area contributed by atoms with Crippen LogP contribution in [-0.4, -0.2) is 44.7 Å². The van der Waals surface area contributed by atoms with E-state index in [-0.39, 0.29) is 6.04 Å². The predicted molar refractivity (Wildman–Crippen MR) is 92.3 cm³/mol. The lowest BCUT2D eigenvalue weighted by atomic mass is 9.96. The van der Waals surface area contributed by atoms with Gasteiger partial charge in [0.25, 0.3) is 0 Å². The van der Waals surface area contributed by atoms with Crippen molar-refractivity contribution < 1.29 is 0 Å². The molecule has 21 heavy (non-hydrogen) atoms. The van der Waals surface area contributed by atoms with Gasteiger partial charge in [0.05, 0.1) is 10.7 Å². The third-order valence-corrected chi connectivity index (χ3v) is 4.67. The first-order valence-electron chi connectivity index (χ1n) is 7.90. The summed E-state index contributed by atoms with van der Waals surface area (Å²) in [6.07, 6.45) is 3.41. The summed E-state index contributed by atoms with van der Waals surface area (Å²) in [7, 11) is 4.36. The molecular weight excluding hydrogens is 282 g/mol. The summed E-state index contributed by atoms with van der Waals surface area (Å²) in [5.41, 5.74) is 8.40. The largest absolute Gasteiger partial charge is 0.373 e. The van der Waals surface area contributed by atoms with Crippen LogP contribution in [0.1, 0.15) is 25.3 Å². The molecule has 0 spiro atoms. The topological polar surface area (TPSA) is 32.5 Å². The molecule has 118 valence electrons. The Morgan fingerprint density at radius 1 is 1.38 bits per heavy atom. The van der Waals surface area contributed by atoms with E-state index in [4.69, 9.17) is 17.3 Å². The Morgan fingerprint density at radius 3 is 2.67 bits per heavy atom. The van der Waals surface area contributed by atoms with Gasteiger partial charge < -0.3 is 15.5 Å². The van der Waals surface area contributed by atoms with E-state index in [1.807, 2.05) is 19.1 Å². The van der Waals surface area contributed by atoms with Crippen molar-refractivity contribution in [1.82, 2.24) is 4.90 Å². The molecule has 1 unspecified atom stereocenters. The second-order valence-corrected chi connectivity index (χ2v) is 6.96. The summed E-state index contributed by atoms with van der Waals surface area (Å²) in [5.74, 6) is 0.755. The van der Waals surface area contributed by atoms with Gasteiger partial charge in [0.15, 0.2) is 0 Å². The van der Waals surface area contributed by atoms with Crippen LogP contribution in [0.4, 0.5) is 5.69 Å². The summed E-state index contributed by atoms with van der Waals surface area (Å²) in [6.45, 7) is 5.52. The van der Waals surface area contributed by atoms with Gasteiger partial charge in [0.2, 0.25) is 0 Å². The average molecular weight is 310 g/mol. The molecule has 0 bridgehead atoms. The third kappa shape index (κ3) is 4.60. The SMILES string of the molecule is CC(N)Cc1cccc(Cl)c1N(C)CC1CCN(C)CC1. The summed E-state index contributed by atoms with van der Waals surface area (Å²) < 4.78 is 0. The van der Waals surface area contributed by atoms with Crippen LogP contribution in [0.5, 0.6) is 0 Å². The lowest BCUT2D eigenvalue weighted by Gasteiger charge is -2.33. The van der Waals surface area contributed by atoms with Crippen molar-refractivity contribution in [2.75, 3.05) is 38.6 Å². The second-order valence-electron chi connectivity index (χ2n) is 6.56. The van der Waals surface area contributed by atoms with E-state index >= 15 is 0 Å². The van der Waals surface area contributed by atoms with Gasteiger partial charge in [-0.3, -0.25) is 0 Å². The molecule has 0 amide bonds. The fourth-order valence-corrected chi connectivity index (χ4v) is 3.56. The monoisotopic (exact) mass is 309 g/mol. The van der Waals surface area contributed by atoms with E-state index in [1.54, 1.807) is 0 Å². The number of para-hydroxylation sites is 1. The molecule has 2 rings (SSSR count). The molecule has 1 aliphatic rings. The summed E-state index contributed by atoms with van der Waals surface area (Å²) in [5, 5.41) is 0.837. The Kier molecular flexibility index (Phi) is 5.91. The number of benzene rings is 1. The van der Waals surface area contributed by atoms with E-state index in [0.717, 1.165) is 29.6 Å². The van der Waals surface area contributed by atoms with Crippen molar-refractivity contribution in [3.63, 3.8) is 0 Å². The lowest BCUT2D eigenvalue weighted by molar-refractivity contribution is 0.222. The van der Waals surface area contributed by atoms with Crippen molar-refractivity contribution in [1.29, 1.82) is 0 Å². The second kappa shape index (κ2) is 7.48. The number of likely N-dealkylation sites (tertiary alicyclic amines) is 1. The fourth-order valence-electron chi connectivity index (χ4n) is 3.22. The first kappa shape index (κ1) is 16.6. The van der Waals surface area contributed by atoms with E-state index in [9.17, 15) is 0 Å². The van der Waals surface area contributed by atoms with Gasteiger partial charge in [0.1, 0.15) is 0 Å². The van der Waals surface area contributed by atoms with Crippen molar-refractivity contribution >= 4 is 17.3 Å². The van der Waals surface area contributed by atoms with Crippen LogP contribution in [0, 0.1) is 5.92 Å². The quantitative estimate of drug-likeness (QED) is 0.907. The van der Waals surface area contributed by atoms with Crippen molar-refractivity contribution in [2.45, 2.75) is 32.2 Å². The number of piperidine rings is 1. The van der Waals surface area contributed by atoms with E-state index in [1.165, 1.54) is 31.5 Å². The molecule has 1 aromatic rings. The van der Waals surface area contributed by atoms with Crippen LogP contribution >= 0.6 is 11.6 Å². The van der Waals surface area contributed by atoms with Gasteiger partial charge in [-0.1, -0.05) is 23.7 Å². The maximum atomic E-state index is 6.46. The van der Waals surface area contributed by atoms with Crippen LogP contribution in [0.15, 0.2) is 18.2 Å². The first-order chi connectivity index (χ1) is 9.97. The summed E-state index contributed by atoms with van der Waals surface area (Å²) >= 11 is 6.46. The van der Waals surface area contributed by atoms with Gasteiger partial charge >= 0.3 is 0 Å². The predicted octanol–water partition coefficient (Wildman–Crippen LogP) is 3.01. The minimum atomic E-state index is 0.152. The third-order valence-electron chi connectivity index (χ3n) is 4.36. The first-order valence-corrected chi connectivity index (χ1v) is 8.27. The zero-order valence-corrected chi connectivity index (χ0v) is 14.2. The molecule has 1 heterocycles. The summed E-state index contributed by atoms with van der Waals surface area (Å²) in [6, 6.07) is 6.30. The molecule has 1 saturated heterocycles. The summed E-state index contributed by atoms with van der Waals surface area (Å²) in [4.78, 5) is 4.74. The maximum Gasteiger partial charge on any atom is 0.0642 e. The molecule has 0 saturated carbocycles. The maximum absolute atomic E-state index is 6.46. The minimum Gasteiger partial charge on any atom is -0.373 e. The number of nitrogens with two attached hydrogens (primary N) is 1. The molecule has 0 aliphatic carbocycles. The molecule has 1 fully saturated rings. The number of hydrogen-bond acceptors (Lipinski definition) is 3. The van der Waals surface area contributed by atoms with Gasteiger partial charge in [-0.25, -0.2) is 0 Å². The van der Waals surface area contributed by atoms with Gasteiger partial charge in [-0.05, 0) is 63.9 Å². The smallest absolute Gasteiger partial charge is 0.0642 e. The Morgan fingerprint density at radius 2 is 2.05 bits per heavy atom. The molecule has 0 aromatic heterocycles. The molecule has 4 heteroatoms. The van der Waals surface area contributed by atoms with E-state index in [0.29, 0.717) is 0 Å². The molecular formula is C17H28ClN3. The zero-order chi connectivity index (χ0) is 15.4. The van der Waals surface area contributed by atoms with Crippen LogP contribution < -0.4 is 10.6 Å². The standard InChI is InChI=1S/C17H28ClN3/c1-13(19)11-15-5-4-6-16(18)17(15)21(3)12-14-7-9-20(2)10-8-14/h4-6,13-14H,7-12,19H2,1-3H3. The highest BCUT2D eigenvalue weighted by Crippen LogP contribution is 2.31. The van der Waals surface area contributed by atoms with Gasteiger partial charge in [-0.15, -0.1) is 0 Å². The van der Waals surface area contributed by atoms with Gasteiger partial charge in [0, 0.05) is 19.6 Å². The molecule has 2 N–H and O–H groups in total. The van der Waals surface area contributed by atoms with E-state index in [2.05, 4.69) is 30.0 Å². The fraction of sp³-hybridized carbons (Fsp3) is 0.647. The highest BCUT2D eigenvalue weighted by Gasteiger charge is 2.20. The Hall–Kier alpha value is -0.770.